The van der Waals surface area contributed by atoms with Gasteiger partial charge in [-0.3, -0.25) is 0 Å². The van der Waals surface area contributed by atoms with Crippen LogP contribution in [0.3, 0.4) is 0 Å². The predicted molar refractivity (Wildman–Crippen MR) is 63.6 cm³/mol. The first-order valence-electron chi connectivity index (χ1n) is 4.98. The molecule has 0 aliphatic rings. The summed E-state index contributed by atoms with van der Waals surface area (Å²) >= 11 is 3.13. The number of carbonyl (C=O) groups excluding carboxylic acids is 2. The number of hydrogen-bond donors (Lipinski definition) is 1. The minimum absolute atomic E-state index is 0.277. The van der Waals surface area contributed by atoms with Gasteiger partial charge in [-0.1, -0.05) is 15.9 Å². The monoisotopic (exact) mass is 295 g/mol. The molecule has 0 radical (unpaired) electrons. The summed E-state index contributed by atoms with van der Waals surface area (Å²) in [5.74, 6) is -0.481. The van der Waals surface area contributed by atoms with Crippen LogP contribution in [0.4, 0.5) is 4.79 Å². The number of ether oxygens (including phenoxy) is 2. The summed E-state index contributed by atoms with van der Waals surface area (Å²) in [4.78, 5) is 22.6. The van der Waals surface area contributed by atoms with Crippen molar-refractivity contribution in [3.8, 4) is 0 Å². The molecule has 0 aliphatic carbocycles. The number of carbonyl (C=O) groups is 2. The van der Waals surface area contributed by atoms with Crippen LogP contribution in [0, 0.1) is 0 Å². The largest absolute Gasteiger partial charge is 0.463 e. The molecule has 0 aliphatic heterocycles. The van der Waals surface area contributed by atoms with Crippen molar-refractivity contribution >= 4 is 28.0 Å². The minimum Gasteiger partial charge on any atom is -0.463 e. The Hall–Kier alpha value is -0.780. The molecule has 5 nitrogen and oxygen atoms in total. The normalized spacial score (nSPS) is 12.8. The van der Waals surface area contributed by atoms with Gasteiger partial charge in [0.1, 0.15) is 18.2 Å². The molecule has 6 heteroatoms. The van der Waals surface area contributed by atoms with Crippen molar-refractivity contribution in [3.05, 3.63) is 0 Å². The van der Waals surface area contributed by atoms with E-state index < -0.39 is 23.7 Å². The van der Waals surface area contributed by atoms with Crippen LogP contribution in [0.2, 0.25) is 0 Å². The Bertz CT molecular complexity index is 250. The van der Waals surface area contributed by atoms with E-state index in [0.29, 0.717) is 5.33 Å². The van der Waals surface area contributed by atoms with Gasteiger partial charge in [-0.2, -0.15) is 0 Å². The molecule has 1 N–H and O–H groups in total. The molecule has 0 aromatic rings. The maximum absolute atomic E-state index is 11.3. The van der Waals surface area contributed by atoms with Crippen LogP contribution in [-0.4, -0.2) is 35.6 Å². The molecule has 1 amide bonds. The van der Waals surface area contributed by atoms with Gasteiger partial charge in [0.15, 0.2) is 0 Å². The highest BCUT2D eigenvalue weighted by Gasteiger charge is 2.21. The molecule has 0 spiro atoms. The van der Waals surface area contributed by atoms with Crippen LogP contribution in [0.15, 0.2) is 0 Å². The Balaban J connectivity index is 3.99. The molecule has 0 fully saturated rings. The first-order valence-corrected chi connectivity index (χ1v) is 6.10. The van der Waals surface area contributed by atoms with Crippen LogP contribution < -0.4 is 5.32 Å². The van der Waals surface area contributed by atoms with Gasteiger partial charge in [-0.05, 0) is 27.7 Å². The molecule has 0 bridgehead atoms. The van der Waals surface area contributed by atoms with Gasteiger partial charge >= 0.3 is 12.1 Å². The van der Waals surface area contributed by atoms with Crippen molar-refractivity contribution in [2.75, 3.05) is 11.9 Å². The number of amides is 1. The van der Waals surface area contributed by atoms with Crippen molar-refractivity contribution < 1.29 is 19.1 Å². The van der Waals surface area contributed by atoms with Crippen molar-refractivity contribution in [1.82, 2.24) is 5.32 Å². The second-order valence-corrected chi connectivity index (χ2v) is 5.02. The van der Waals surface area contributed by atoms with E-state index in [9.17, 15) is 9.59 Å². The van der Waals surface area contributed by atoms with E-state index in [-0.39, 0.29) is 6.61 Å². The zero-order valence-electron chi connectivity index (χ0n) is 10.0. The van der Waals surface area contributed by atoms with Crippen LogP contribution >= 0.6 is 15.9 Å². The second-order valence-electron chi connectivity index (χ2n) is 4.22. The molecule has 16 heavy (non-hydrogen) atoms. The van der Waals surface area contributed by atoms with Crippen molar-refractivity contribution in [2.24, 2.45) is 0 Å². The molecule has 0 heterocycles. The number of alkyl carbamates (subject to hydrolysis) is 1. The fourth-order valence-corrected chi connectivity index (χ4v) is 0.969. The van der Waals surface area contributed by atoms with Gasteiger partial charge in [-0.25, -0.2) is 9.59 Å². The molecule has 0 aromatic carbocycles. The molecule has 0 saturated heterocycles. The third-order valence-corrected chi connectivity index (χ3v) is 1.73. The first kappa shape index (κ1) is 15.2. The Labute approximate surface area is 104 Å². The van der Waals surface area contributed by atoms with Crippen LogP contribution in [-0.2, 0) is 14.3 Å². The molecule has 1 unspecified atom stereocenters. The van der Waals surface area contributed by atoms with Crippen molar-refractivity contribution in [2.45, 2.75) is 39.3 Å². The van der Waals surface area contributed by atoms with Gasteiger partial charge in [0.05, 0.1) is 0 Å². The molecule has 0 aromatic heterocycles. The molecule has 0 saturated carbocycles. The lowest BCUT2D eigenvalue weighted by atomic mass is 10.2. The number of nitrogens with one attached hydrogen (secondary N) is 1. The maximum Gasteiger partial charge on any atom is 0.408 e. The lowest BCUT2D eigenvalue weighted by Crippen LogP contribution is -2.42. The Morgan fingerprint density at radius 2 is 1.94 bits per heavy atom. The molecular weight excluding hydrogens is 278 g/mol. The Kier molecular flexibility index (Phi) is 6.40. The third kappa shape index (κ3) is 7.50. The van der Waals surface area contributed by atoms with Crippen LogP contribution in [0.5, 0.6) is 0 Å². The topological polar surface area (TPSA) is 64.6 Å². The highest BCUT2D eigenvalue weighted by Crippen LogP contribution is 2.06. The smallest absolute Gasteiger partial charge is 0.408 e. The summed E-state index contributed by atoms with van der Waals surface area (Å²) in [6.45, 7) is 7.07. The third-order valence-electron chi connectivity index (χ3n) is 1.41. The number of hydrogen-bond acceptors (Lipinski definition) is 4. The summed E-state index contributed by atoms with van der Waals surface area (Å²) in [5.41, 5.74) is -0.580. The van der Waals surface area contributed by atoms with Gasteiger partial charge in [0, 0.05) is 5.33 Å². The second kappa shape index (κ2) is 6.73. The standard InChI is InChI=1S/C10H18BrNO4/c1-7(8(13)15-6-5-11)12-9(14)16-10(2,3)4/h7H,5-6H2,1-4H3,(H,12,14). The van der Waals surface area contributed by atoms with Gasteiger partial charge < -0.3 is 14.8 Å². The summed E-state index contributed by atoms with van der Waals surface area (Å²) in [7, 11) is 0. The quantitative estimate of drug-likeness (QED) is 0.635. The molecular formula is C10H18BrNO4. The lowest BCUT2D eigenvalue weighted by molar-refractivity contribution is -0.145. The summed E-state index contributed by atoms with van der Waals surface area (Å²) in [5, 5.41) is 2.96. The number of alkyl halides is 1. The van der Waals surface area contributed by atoms with E-state index in [1.165, 1.54) is 0 Å². The molecule has 0 rings (SSSR count). The van der Waals surface area contributed by atoms with E-state index >= 15 is 0 Å². The SMILES string of the molecule is CC(NC(=O)OC(C)(C)C)C(=O)OCCBr. The minimum atomic E-state index is -0.714. The van der Waals surface area contributed by atoms with Crippen LogP contribution in [0.25, 0.3) is 0 Å². The number of esters is 1. The van der Waals surface area contributed by atoms with E-state index in [1.54, 1.807) is 27.7 Å². The predicted octanol–water partition coefficient (Wildman–Crippen LogP) is 1.84. The fraction of sp³-hybridized carbons (Fsp3) is 0.800. The molecule has 94 valence electrons. The highest BCUT2D eigenvalue weighted by molar-refractivity contribution is 9.09. The van der Waals surface area contributed by atoms with Crippen LogP contribution in [0.1, 0.15) is 27.7 Å². The van der Waals surface area contributed by atoms with Gasteiger partial charge in [0.2, 0.25) is 0 Å². The average Bonchev–Trinajstić information content (AvgIpc) is 2.10. The summed E-state index contributed by atoms with van der Waals surface area (Å²) in [6, 6.07) is -0.714. The number of halogens is 1. The van der Waals surface area contributed by atoms with E-state index in [2.05, 4.69) is 21.2 Å². The highest BCUT2D eigenvalue weighted by atomic mass is 79.9. The Morgan fingerprint density at radius 1 is 1.38 bits per heavy atom. The fourth-order valence-electron chi connectivity index (χ4n) is 0.807. The van der Waals surface area contributed by atoms with Gasteiger partial charge in [-0.15, -0.1) is 0 Å². The summed E-state index contributed by atoms with van der Waals surface area (Å²) in [6.07, 6.45) is -0.629. The average molecular weight is 296 g/mol. The Morgan fingerprint density at radius 3 is 2.38 bits per heavy atom. The first-order chi connectivity index (χ1) is 7.26. The van der Waals surface area contributed by atoms with E-state index in [4.69, 9.17) is 9.47 Å². The maximum atomic E-state index is 11.3. The van der Waals surface area contributed by atoms with E-state index in [0.717, 1.165) is 0 Å². The summed E-state index contributed by atoms with van der Waals surface area (Å²) < 4.78 is 9.82. The van der Waals surface area contributed by atoms with Gasteiger partial charge in [0.25, 0.3) is 0 Å². The zero-order chi connectivity index (χ0) is 12.8. The van der Waals surface area contributed by atoms with Crippen molar-refractivity contribution in [3.63, 3.8) is 0 Å². The number of rotatable bonds is 4. The lowest BCUT2D eigenvalue weighted by Gasteiger charge is -2.21. The zero-order valence-corrected chi connectivity index (χ0v) is 11.6. The van der Waals surface area contributed by atoms with Crippen molar-refractivity contribution in [1.29, 1.82) is 0 Å². The van der Waals surface area contributed by atoms with E-state index in [1.807, 2.05) is 0 Å². The molecule has 1 atom stereocenters.